The number of hydrogen-bond donors (Lipinski definition) is 3. The Bertz CT molecular complexity index is 338. The second-order valence-electron chi connectivity index (χ2n) is 3.68. The van der Waals surface area contributed by atoms with E-state index in [1.807, 2.05) is 13.8 Å². The summed E-state index contributed by atoms with van der Waals surface area (Å²) in [5.41, 5.74) is 3.50. The molecule has 1 amide bonds. The van der Waals surface area contributed by atoms with E-state index in [0.29, 0.717) is 23.8 Å². The molecule has 4 N–H and O–H groups in total. The zero-order valence-corrected chi connectivity index (χ0v) is 8.95. The van der Waals surface area contributed by atoms with Gasteiger partial charge in [-0.2, -0.15) is 0 Å². The van der Waals surface area contributed by atoms with Gasteiger partial charge < -0.3 is 10.7 Å². The molecule has 1 aromatic heterocycles. The Balaban J connectivity index is 2.65. The second-order valence-corrected chi connectivity index (χ2v) is 3.68. The van der Waals surface area contributed by atoms with Gasteiger partial charge in [0, 0.05) is 12.7 Å². The molecule has 1 heterocycles. The van der Waals surface area contributed by atoms with Crippen LogP contribution in [0.25, 0.3) is 0 Å². The third-order valence-electron chi connectivity index (χ3n) is 1.83. The maximum atomic E-state index is 11.6. The molecule has 0 aliphatic heterocycles. The molecule has 1 rings (SSSR count). The minimum Gasteiger partial charge on any atom is -0.350 e. The normalized spacial score (nSPS) is 10.1. The van der Waals surface area contributed by atoms with Gasteiger partial charge in [-0.15, -0.1) is 0 Å². The fourth-order valence-corrected chi connectivity index (χ4v) is 1.03. The number of pyridine rings is 1. The fourth-order valence-electron chi connectivity index (χ4n) is 1.03. The van der Waals surface area contributed by atoms with E-state index in [9.17, 15) is 4.79 Å². The van der Waals surface area contributed by atoms with Gasteiger partial charge in [0.2, 0.25) is 0 Å². The summed E-state index contributed by atoms with van der Waals surface area (Å²) in [7, 11) is 0. The van der Waals surface area contributed by atoms with E-state index in [-0.39, 0.29) is 5.91 Å². The van der Waals surface area contributed by atoms with E-state index in [0.717, 1.165) is 0 Å². The van der Waals surface area contributed by atoms with Crippen LogP contribution in [0.15, 0.2) is 18.3 Å². The van der Waals surface area contributed by atoms with Crippen LogP contribution in [0.4, 0.5) is 5.69 Å². The SMILES string of the molecule is CC(C)CNC(=O)c1cc(NN)ccn1. The second kappa shape index (κ2) is 5.31. The summed E-state index contributed by atoms with van der Waals surface area (Å²) >= 11 is 0. The molecule has 0 saturated heterocycles. The van der Waals surface area contributed by atoms with Crippen molar-refractivity contribution in [3.8, 4) is 0 Å². The first-order valence-corrected chi connectivity index (χ1v) is 4.84. The van der Waals surface area contributed by atoms with Crippen LogP contribution in [0.1, 0.15) is 24.3 Å². The van der Waals surface area contributed by atoms with Crippen molar-refractivity contribution in [1.82, 2.24) is 10.3 Å². The summed E-state index contributed by atoms with van der Waals surface area (Å²) in [5, 5.41) is 2.78. The quantitative estimate of drug-likeness (QED) is 0.504. The van der Waals surface area contributed by atoms with Gasteiger partial charge in [0.15, 0.2) is 0 Å². The number of carbonyl (C=O) groups excluding carboxylic acids is 1. The Kier molecular flexibility index (Phi) is 4.05. The summed E-state index contributed by atoms with van der Waals surface area (Å²) in [6, 6.07) is 3.30. The lowest BCUT2D eigenvalue weighted by atomic mass is 10.2. The van der Waals surface area contributed by atoms with Crippen molar-refractivity contribution >= 4 is 11.6 Å². The lowest BCUT2D eigenvalue weighted by Crippen LogP contribution is -2.28. The van der Waals surface area contributed by atoms with Crippen molar-refractivity contribution in [2.24, 2.45) is 11.8 Å². The van der Waals surface area contributed by atoms with Gasteiger partial charge in [0.25, 0.3) is 5.91 Å². The summed E-state index contributed by atoms with van der Waals surface area (Å²) in [6.07, 6.45) is 1.54. The number of hydrazine groups is 1. The Morgan fingerprint density at radius 1 is 1.60 bits per heavy atom. The Morgan fingerprint density at radius 2 is 2.33 bits per heavy atom. The highest BCUT2D eigenvalue weighted by molar-refractivity contribution is 5.93. The number of aromatic nitrogens is 1. The zero-order chi connectivity index (χ0) is 11.3. The molecular formula is C10H16N4O. The van der Waals surface area contributed by atoms with Crippen LogP contribution >= 0.6 is 0 Å². The van der Waals surface area contributed by atoms with Crippen molar-refractivity contribution < 1.29 is 4.79 Å². The maximum absolute atomic E-state index is 11.6. The first-order valence-electron chi connectivity index (χ1n) is 4.84. The van der Waals surface area contributed by atoms with Crippen LogP contribution < -0.4 is 16.6 Å². The van der Waals surface area contributed by atoms with E-state index < -0.39 is 0 Å². The lowest BCUT2D eigenvalue weighted by molar-refractivity contribution is 0.0944. The molecule has 0 radical (unpaired) electrons. The number of nitrogen functional groups attached to an aromatic ring is 1. The number of carbonyl (C=O) groups is 1. The summed E-state index contributed by atoms with van der Waals surface area (Å²) in [4.78, 5) is 15.5. The van der Waals surface area contributed by atoms with E-state index in [1.54, 1.807) is 18.3 Å². The monoisotopic (exact) mass is 208 g/mol. The summed E-state index contributed by atoms with van der Waals surface area (Å²) < 4.78 is 0. The molecule has 0 aliphatic carbocycles. The molecule has 0 aromatic carbocycles. The molecule has 0 aliphatic rings. The molecule has 0 fully saturated rings. The predicted octanol–water partition coefficient (Wildman–Crippen LogP) is 0.753. The molecular weight excluding hydrogens is 192 g/mol. The van der Waals surface area contributed by atoms with E-state index >= 15 is 0 Å². The minimum absolute atomic E-state index is 0.180. The number of nitrogens with zero attached hydrogens (tertiary/aromatic N) is 1. The Labute approximate surface area is 89.0 Å². The zero-order valence-electron chi connectivity index (χ0n) is 8.95. The predicted molar refractivity (Wildman–Crippen MR) is 59.2 cm³/mol. The van der Waals surface area contributed by atoms with Crippen molar-refractivity contribution in [1.29, 1.82) is 0 Å². The molecule has 5 nitrogen and oxygen atoms in total. The van der Waals surface area contributed by atoms with Crippen molar-refractivity contribution in [2.75, 3.05) is 12.0 Å². The smallest absolute Gasteiger partial charge is 0.269 e. The standard InChI is InChI=1S/C10H16N4O/c1-7(2)6-13-10(15)9-5-8(14-11)3-4-12-9/h3-5,7H,6,11H2,1-2H3,(H,12,14)(H,13,15). The third-order valence-corrected chi connectivity index (χ3v) is 1.83. The van der Waals surface area contributed by atoms with Gasteiger partial charge in [-0.25, -0.2) is 0 Å². The number of nitrogens with two attached hydrogens (primary N) is 1. The largest absolute Gasteiger partial charge is 0.350 e. The molecule has 1 aromatic rings. The van der Waals surface area contributed by atoms with E-state index in [2.05, 4.69) is 15.7 Å². The molecule has 82 valence electrons. The van der Waals surface area contributed by atoms with Gasteiger partial charge in [-0.05, 0) is 18.1 Å². The third kappa shape index (κ3) is 3.55. The molecule has 0 bridgehead atoms. The number of rotatable bonds is 4. The van der Waals surface area contributed by atoms with E-state index in [4.69, 9.17) is 5.84 Å². The topological polar surface area (TPSA) is 80.0 Å². The number of nitrogens with one attached hydrogen (secondary N) is 2. The van der Waals surface area contributed by atoms with Crippen LogP contribution in [0, 0.1) is 5.92 Å². The summed E-state index contributed by atoms with van der Waals surface area (Å²) in [6.45, 7) is 4.71. The molecule has 0 atom stereocenters. The van der Waals surface area contributed by atoms with Gasteiger partial charge in [0.05, 0.1) is 5.69 Å². The van der Waals surface area contributed by atoms with Gasteiger partial charge in [-0.3, -0.25) is 15.6 Å². The molecule has 0 saturated carbocycles. The fraction of sp³-hybridized carbons (Fsp3) is 0.400. The number of anilines is 1. The maximum Gasteiger partial charge on any atom is 0.269 e. The van der Waals surface area contributed by atoms with Gasteiger partial charge in [-0.1, -0.05) is 13.8 Å². The van der Waals surface area contributed by atoms with Crippen molar-refractivity contribution in [3.05, 3.63) is 24.0 Å². The van der Waals surface area contributed by atoms with Crippen LogP contribution in [0.3, 0.4) is 0 Å². The Hall–Kier alpha value is -1.62. The highest BCUT2D eigenvalue weighted by Gasteiger charge is 2.07. The number of amides is 1. The highest BCUT2D eigenvalue weighted by Crippen LogP contribution is 2.05. The van der Waals surface area contributed by atoms with Crippen molar-refractivity contribution in [2.45, 2.75) is 13.8 Å². The molecule has 0 unspecified atom stereocenters. The minimum atomic E-state index is -0.180. The molecule has 5 heteroatoms. The molecule has 15 heavy (non-hydrogen) atoms. The van der Waals surface area contributed by atoms with Crippen LogP contribution in [0.5, 0.6) is 0 Å². The highest BCUT2D eigenvalue weighted by atomic mass is 16.1. The average molecular weight is 208 g/mol. The number of hydrogen-bond acceptors (Lipinski definition) is 4. The van der Waals surface area contributed by atoms with Gasteiger partial charge >= 0.3 is 0 Å². The van der Waals surface area contributed by atoms with Crippen LogP contribution in [-0.2, 0) is 0 Å². The Morgan fingerprint density at radius 3 is 2.93 bits per heavy atom. The first-order chi connectivity index (χ1) is 7.13. The lowest BCUT2D eigenvalue weighted by Gasteiger charge is -2.07. The molecule has 0 spiro atoms. The van der Waals surface area contributed by atoms with Crippen LogP contribution in [-0.4, -0.2) is 17.4 Å². The van der Waals surface area contributed by atoms with Gasteiger partial charge in [0.1, 0.15) is 5.69 Å². The van der Waals surface area contributed by atoms with Crippen LogP contribution in [0.2, 0.25) is 0 Å². The first kappa shape index (κ1) is 11.5. The summed E-state index contributed by atoms with van der Waals surface area (Å²) in [5.74, 6) is 5.47. The average Bonchev–Trinajstić information content (AvgIpc) is 2.26. The van der Waals surface area contributed by atoms with E-state index in [1.165, 1.54) is 0 Å². The van der Waals surface area contributed by atoms with Crippen molar-refractivity contribution in [3.63, 3.8) is 0 Å².